The second-order valence-electron chi connectivity index (χ2n) is 5.42. The molecule has 4 nitrogen and oxygen atoms in total. The van der Waals surface area contributed by atoms with Crippen molar-refractivity contribution in [1.82, 2.24) is 9.88 Å². The van der Waals surface area contributed by atoms with E-state index in [0.29, 0.717) is 12.5 Å². The van der Waals surface area contributed by atoms with Gasteiger partial charge in [-0.25, -0.2) is 4.98 Å². The lowest BCUT2D eigenvalue weighted by atomic mass is 9.98. The number of hydrogen-bond acceptors (Lipinski definition) is 4. The Balaban J connectivity index is 1.96. The predicted molar refractivity (Wildman–Crippen MR) is 85.7 cm³/mol. The van der Waals surface area contributed by atoms with Crippen LogP contribution in [0.2, 0.25) is 0 Å². The first-order chi connectivity index (χ1) is 10.2. The predicted octanol–water partition coefficient (Wildman–Crippen LogP) is 3.00. The average Bonchev–Trinajstić information content (AvgIpc) is 3.01. The molecule has 0 unspecified atom stereocenters. The van der Waals surface area contributed by atoms with Crippen LogP contribution in [0.5, 0.6) is 0 Å². The van der Waals surface area contributed by atoms with Gasteiger partial charge in [0.15, 0.2) is 0 Å². The fourth-order valence-corrected chi connectivity index (χ4v) is 3.62. The van der Waals surface area contributed by atoms with Crippen molar-refractivity contribution in [2.75, 3.05) is 19.7 Å². The van der Waals surface area contributed by atoms with Gasteiger partial charge in [-0.3, -0.25) is 4.79 Å². The van der Waals surface area contributed by atoms with Crippen molar-refractivity contribution in [2.45, 2.75) is 45.1 Å². The summed E-state index contributed by atoms with van der Waals surface area (Å²) in [7, 11) is 0. The van der Waals surface area contributed by atoms with Gasteiger partial charge in [-0.1, -0.05) is 13.0 Å². The molecule has 0 bridgehead atoms. The number of hydrogen-bond donors (Lipinski definition) is 0. The summed E-state index contributed by atoms with van der Waals surface area (Å²) in [6, 6.07) is 0. The van der Waals surface area contributed by atoms with E-state index in [-0.39, 0.29) is 5.91 Å². The van der Waals surface area contributed by atoms with Crippen molar-refractivity contribution in [3.8, 4) is 0 Å². The lowest BCUT2D eigenvalue weighted by Crippen LogP contribution is -2.44. The molecule has 1 aliphatic heterocycles. The Kier molecular flexibility index (Phi) is 5.94. The maximum Gasteiger partial charge on any atom is 0.251 e. The fourth-order valence-electron chi connectivity index (χ4n) is 2.59. The molecule has 21 heavy (non-hydrogen) atoms. The number of nitrogens with zero attached hydrogens (tertiary/aromatic N) is 2. The van der Waals surface area contributed by atoms with E-state index in [4.69, 9.17) is 4.74 Å². The summed E-state index contributed by atoms with van der Waals surface area (Å²) in [5.74, 6) is 0.452. The van der Waals surface area contributed by atoms with Crippen LogP contribution in [0.1, 0.15) is 43.3 Å². The molecule has 2 atom stereocenters. The number of likely N-dealkylation sites (tertiary alicyclic amines) is 1. The van der Waals surface area contributed by atoms with Gasteiger partial charge in [0.1, 0.15) is 6.10 Å². The van der Waals surface area contributed by atoms with Crippen LogP contribution in [0, 0.1) is 0 Å². The number of thiazole rings is 1. The van der Waals surface area contributed by atoms with Gasteiger partial charge in [0.2, 0.25) is 0 Å². The van der Waals surface area contributed by atoms with Crippen molar-refractivity contribution in [3.05, 3.63) is 28.7 Å². The Bertz CT molecular complexity index is 486. The maximum absolute atomic E-state index is 12.4. The van der Waals surface area contributed by atoms with Crippen LogP contribution in [0.4, 0.5) is 0 Å². The minimum Gasteiger partial charge on any atom is -0.365 e. The molecule has 0 N–H and O–H groups in total. The minimum absolute atomic E-state index is 0.0776. The lowest BCUT2D eigenvalue weighted by molar-refractivity contribution is -0.143. The standard InChI is InChI=1S/C16H24N2O2S/c1-4-9-20-12(3)16(19)18-8-6-7-13(10-18)15-17-14(5-2)11-21-15/h4,11-13H,1,5-10H2,2-3H3/t12-,13-/m1/s1. The summed E-state index contributed by atoms with van der Waals surface area (Å²) >= 11 is 1.72. The number of aromatic nitrogens is 1. The van der Waals surface area contributed by atoms with E-state index in [9.17, 15) is 4.79 Å². The molecule has 0 aliphatic carbocycles. The molecule has 1 saturated heterocycles. The molecule has 2 rings (SSSR count). The molecule has 116 valence electrons. The molecule has 1 amide bonds. The van der Waals surface area contributed by atoms with Gasteiger partial charge < -0.3 is 9.64 Å². The lowest BCUT2D eigenvalue weighted by Gasteiger charge is -2.33. The summed E-state index contributed by atoms with van der Waals surface area (Å²) in [6.45, 7) is 9.54. The first-order valence-electron chi connectivity index (χ1n) is 7.61. The molecule has 1 fully saturated rings. The van der Waals surface area contributed by atoms with E-state index in [0.717, 1.165) is 38.0 Å². The van der Waals surface area contributed by atoms with Crippen LogP contribution >= 0.6 is 11.3 Å². The summed E-state index contributed by atoms with van der Waals surface area (Å²) in [5.41, 5.74) is 1.15. The number of carbonyl (C=O) groups is 1. The first-order valence-corrected chi connectivity index (χ1v) is 8.49. The SMILES string of the molecule is C=CCO[C@H](C)C(=O)N1CCC[C@@H](c2nc(CC)cs2)C1. The van der Waals surface area contributed by atoms with Crippen molar-refractivity contribution >= 4 is 17.2 Å². The highest BCUT2D eigenvalue weighted by molar-refractivity contribution is 7.09. The molecule has 2 heterocycles. The van der Waals surface area contributed by atoms with Crippen LogP contribution in [-0.2, 0) is 16.0 Å². The molecule has 0 saturated carbocycles. The Hall–Kier alpha value is -1.20. The maximum atomic E-state index is 12.4. The van der Waals surface area contributed by atoms with Crippen LogP contribution in [0.25, 0.3) is 0 Å². The highest BCUT2D eigenvalue weighted by Crippen LogP contribution is 2.29. The monoisotopic (exact) mass is 308 g/mol. The number of piperidine rings is 1. The highest BCUT2D eigenvalue weighted by Gasteiger charge is 2.29. The van der Waals surface area contributed by atoms with Crippen LogP contribution in [0.3, 0.4) is 0 Å². The van der Waals surface area contributed by atoms with Crippen LogP contribution < -0.4 is 0 Å². The van der Waals surface area contributed by atoms with Gasteiger partial charge in [-0.2, -0.15) is 0 Å². The molecule has 0 radical (unpaired) electrons. The topological polar surface area (TPSA) is 42.4 Å². The number of carbonyl (C=O) groups excluding carboxylic acids is 1. The second-order valence-corrected chi connectivity index (χ2v) is 6.31. The molecule has 5 heteroatoms. The molecular weight excluding hydrogens is 284 g/mol. The molecule has 1 aromatic heterocycles. The van der Waals surface area contributed by atoms with Crippen molar-refractivity contribution in [1.29, 1.82) is 0 Å². The molecule has 1 aromatic rings. The van der Waals surface area contributed by atoms with E-state index in [1.54, 1.807) is 17.4 Å². The number of amides is 1. The van der Waals surface area contributed by atoms with E-state index in [1.165, 1.54) is 5.01 Å². The molecular formula is C16H24N2O2S. The van der Waals surface area contributed by atoms with Gasteiger partial charge in [-0.05, 0) is 26.2 Å². The Morgan fingerprint density at radius 3 is 3.19 bits per heavy atom. The summed E-state index contributed by atoms with van der Waals surface area (Å²) in [5, 5.41) is 3.30. The van der Waals surface area contributed by atoms with Crippen molar-refractivity contribution in [2.24, 2.45) is 0 Å². The van der Waals surface area contributed by atoms with E-state index in [1.807, 2.05) is 11.8 Å². The average molecular weight is 308 g/mol. The third kappa shape index (κ3) is 4.14. The van der Waals surface area contributed by atoms with Gasteiger partial charge in [-0.15, -0.1) is 17.9 Å². The van der Waals surface area contributed by atoms with E-state index >= 15 is 0 Å². The summed E-state index contributed by atoms with van der Waals surface area (Å²) < 4.78 is 5.45. The van der Waals surface area contributed by atoms with Crippen LogP contribution in [0.15, 0.2) is 18.0 Å². The normalized spacial score (nSPS) is 20.3. The van der Waals surface area contributed by atoms with Gasteiger partial charge in [0.05, 0.1) is 17.3 Å². The zero-order valence-electron chi connectivity index (χ0n) is 12.9. The van der Waals surface area contributed by atoms with E-state index < -0.39 is 6.10 Å². The quantitative estimate of drug-likeness (QED) is 0.759. The van der Waals surface area contributed by atoms with Gasteiger partial charge in [0, 0.05) is 24.4 Å². The highest BCUT2D eigenvalue weighted by atomic mass is 32.1. The smallest absolute Gasteiger partial charge is 0.251 e. The second kappa shape index (κ2) is 7.71. The Labute approximate surface area is 130 Å². The zero-order valence-corrected chi connectivity index (χ0v) is 13.7. The fraction of sp³-hybridized carbons (Fsp3) is 0.625. The molecule has 1 aliphatic rings. The van der Waals surface area contributed by atoms with Gasteiger partial charge in [0.25, 0.3) is 5.91 Å². The van der Waals surface area contributed by atoms with E-state index in [2.05, 4.69) is 23.9 Å². The Morgan fingerprint density at radius 2 is 2.52 bits per heavy atom. The van der Waals surface area contributed by atoms with Gasteiger partial charge >= 0.3 is 0 Å². The van der Waals surface area contributed by atoms with Crippen LogP contribution in [-0.4, -0.2) is 41.6 Å². The zero-order chi connectivity index (χ0) is 15.2. The third-order valence-electron chi connectivity index (χ3n) is 3.83. The third-order valence-corrected chi connectivity index (χ3v) is 4.88. The first kappa shape index (κ1) is 16.2. The Morgan fingerprint density at radius 1 is 1.71 bits per heavy atom. The minimum atomic E-state index is -0.399. The largest absolute Gasteiger partial charge is 0.365 e. The summed E-state index contributed by atoms with van der Waals surface area (Å²) in [4.78, 5) is 19.0. The van der Waals surface area contributed by atoms with Crippen molar-refractivity contribution in [3.63, 3.8) is 0 Å². The number of rotatable bonds is 6. The number of aryl methyl sites for hydroxylation is 1. The molecule has 0 spiro atoms. The van der Waals surface area contributed by atoms with Crippen molar-refractivity contribution < 1.29 is 9.53 Å². The molecule has 0 aromatic carbocycles. The number of ether oxygens (including phenoxy) is 1. The summed E-state index contributed by atoms with van der Waals surface area (Å²) in [6.07, 6.45) is 4.39.